The Morgan fingerprint density at radius 1 is 1.32 bits per heavy atom. The number of nitrogens with zero attached hydrogens (tertiary/aromatic N) is 1. The molecule has 0 saturated heterocycles. The number of rotatable bonds is 5. The van der Waals surface area contributed by atoms with Gasteiger partial charge in [0.1, 0.15) is 5.03 Å². The first-order chi connectivity index (χ1) is 10.6. The first-order valence-corrected chi connectivity index (χ1v) is 8.64. The van der Waals surface area contributed by atoms with Crippen LogP contribution in [0, 0.1) is 0 Å². The van der Waals surface area contributed by atoms with E-state index in [0.29, 0.717) is 11.2 Å². The molecule has 2 N–H and O–H groups in total. The highest BCUT2D eigenvalue weighted by Crippen LogP contribution is 2.32. The van der Waals surface area contributed by atoms with E-state index in [4.69, 9.17) is 23.8 Å². The Hall–Kier alpha value is -1.30. The van der Waals surface area contributed by atoms with Gasteiger partial charge < -0.3 is 10.6 Å². The summed E-state index contributed by atoms with van der Waals surface area (Å²) in [5, 5.41) is 8.67. The van der Waals surface area contributed by atoms with Crippen LogP contribution < -0.4 is 10.6 Å². The van der Waals surface area contributed by atoms with Crippen molar-refractivity contribution in [2.75, 3.05) is 5.32 Å². The minimum atomic E-state index is 0.337. The van der Waals surface area contributed by atoms with Gasteiger partial charge in [0.2, 0.25) is 0 Å². The SMILES string of the molecule is CCC(C)NC(=S)Nc1cccnc1Sc1ccc(Cl)cc1. The Morgan fingerprint density at radius 3 is 2.73 bits per heavy atom. The van der Waals surface area contributed by atoms with E-state index in [0.717, 1.165) is 27.1 Å². The average molecular weight is 352 g/mol. The molecule has 1 heterocycles. The van der Waals surface area contributed by atoms with Gasteiger partial charge in [-0.25, -0.2) is 4.98 Å². The van der Waals surface area contributed by atoms with Crippen LogP contribution >= 0.6 is 35.6 Å². The van der Waals surface area contributed by atoms with Crippen molar-refractivity contribution in [3.05, 3.63) is 47.6 Å². The standard InChI is InChI=1S/C16H18ClN3S2/c1-3-11(2)19-16(21)20-14-5-4-10-18-15(14)22-13-8-6-12(17)7-9-13/h4-11H,3H2,1-2H3,(H2,19,20,21). The number of pyridine rings is 1. The lowest BCUT2D eigenvalue weighted by atomic mass is 10.3. The Kier molecular flexibility index (Phi) is 6.49. The smallest absolute Gasteiger partial charge is 0.171 e. The summed E-state index contributed by atoms with van der Waals surface area (Å²) in [4.78, 5) is 5.50. The van der Waals surface area contributed by atoms with E-state index in [9.17, 15) is 0 Å². The highest BCUT2D eigenvalue weighted by Gasteiger charge is 2.08. The summed E-state index contributed by atoms with van der Waals surface area (Å²) in [5.41, 5.74) is 0.892. The molecule has 1 unspecified atom stereocenters. The lowest BCUT2D eigenvalue weighted by Gasteiger charge is -2.16. The van der Waals surface area contributed by atoms with Crippen molar-refractivity contribution < 1.29 is 0 Å². The minimum Gasteiger partial charge on any atom is -0.360 e. The highest BCUT2D eigenvalue weighted by molar-refractivity contribution is 7.99. The second-order valence-electron chi connectivity index (χ2n) is 4.82. The Morgan fingerprint density at radius 2 is 2.05 bits per heavy atom. The molecular formula is C16H18ClN3S2. The van der Waals surface area contributed by atoms with Crippen LogP contribution in [0.2, 0.25) is 5.02 Å². The predicted molar refractivity (Wildman–Crippen MR) is 98.9 cm³/mol. The summed E-state index contributed by atoms with van der Waals surface area (Å²) in [6, 6.07) is 11.9. The van der Waals surface area contributed by atoms with Gasteiger partial charge in [-0.05, 0) is 62.0 Å². The van der Waals surface area contributed by atoms with Gasteiger partial charge in [-0.2, -0.15) is 0 Å². The van der Waals surface area contributed by atoms with Crippen molar-refractivity contribution in [3.8, 4) is 0 Å². The van der Waals surface area contributed by atoms with E-state index in [2.05, 4.69) is 29.5 Å². The van der Waals surface area contributed by atoms with Crippen LogP contribution in [-0.2, 0) is 0 Å². The summed E-state index contributed by atoms with van der Waals surface area (Å²) < 4.78 is 0. The van der Waals surface area contributed by atoms with Crippen molar-refractivity contribution in [2.24, 2.45) is 0 Å². The number of aromatic nitrogens is 1. The molecule has 0 aliphatic rings. The number of halogens is 1. The molecule has 0 fully saturated rings. The molecule has 1 aromatic heterocycles. The zero-order valence-electron chi connectivity index (χ0n) is 12.5. The second-order valence-corrected chi connectivity index (χ2v) is 6.73. The molecule has 3 nitrogen and oxygen atoms in total. The van der Waals surface area contributed by atoms with Crippen molar-refractivity contribution in [3.63, 3.8) is 0 Å². The summed E-state index contributed by atoms with van der Waals surface area (Å²) in [6.45, 7) is 4.22. The lowest BCUT2D eigenvalue weighted by molar-refractivity contribution is 0.646. The maximum Gasteiger partial charge on any atom is 0.171 e. The normalized spacial score (nSPS) is 11.8. The summed E-state index contributed by atoms with van der Waals surface area (Å²) in [5.74, 6) is 0. The third-order valence-corrected chi connectivity index (χ3v) is 4.54. The van der Waals surface area contributed by atoms with Crippen LogP contribution in [0.1, 0.15) is 20.3 Å². The molecule has 0 radical (unpaired) electrons. The number of anilines is 1. The average Bonchev–Trinajstić information content (AvgIpc) is 2.51. The predicted octanol–water partition coefficient (Wildman–Crippen LogP) is 4.97. The molecule has 1 atom stereocenters. The van der Waals surface area contributed by atoms with Crippen LogP contribution in [0.5, 0.6) is 0 Å². The molecule has 0 amide bonds. The molecule has 22 heavy (non-hydrogen) atoms. The van der Waals surface area contributed by atoms with Crippen molar-refractivity contribution >= 4 is 46.4 Å². The first kappa shape index (κ1) is 17.1. The van der Waals surface area contributed by atoms with Gasteiger partial charge in [0.25, 0.3) is 0 Å². The van der Waals surface area contributed by atoms with Crippen molar-refractivity contribution in [1.82, 2.24) is 10.3 Å². The lowest BCUT2D eigenvalue weighted by Crippen LogP contribution is -2.35. The Balaban J connectivity index is 2.09. The van der Waals surface area contributed by atoms with Gasteiger partial charge in [0.05, 0.1) is 5.69 Å². The van der Waals surface area contributed by atoms with Gasteiger partial charge in [-0.15, -0.1) is 0 Å². The quantitative estimate of drug-likeness (QED) is 0.744. The fourth-order valence-electron chi connectivity index (χ4n) is 1.67. The van der Waals surface area contributed by atoms with Crippen LogP contribution in [0.15, 0.2) is 52.5 Å². The van der Waals surface area contributed by atoms with Gasteiger partial charge in [0, 0.05) is 22.2 Å². The molecule has 1 aromatic carbocycles. The molecule has 2 aromatic rings. The highest BCUT2D eigenvalue weighted by atomic mass is 35.5. The molecule has 2 rings (SSSR count). The molecule has 6 heteroatoms. The van der Waals surface area contributed by atoms with E-state index in [1.807, 2.05) is 36.4 Å². The maximum absolute atomic E-state index is 5.91. The topological polar surface area (TPSA) is 37.0 Å². The fraction of sp³-hybridized carbons (Fsp3) is 0.250. The fourth-order valence-corrected chi connectivity index (χ4v) is 2.94. The third kappa shape index (κ3) is 5.16. The third-order valence-electron chi connectivity index (χ3n) is 3.04. The van der Waals surface area contributed by atoms with E-state index in [1.54, 1.807) is 18.0 Å². The summed E-state index contributed by atoms with van der Waals surface area (Å²) in [7, 11) is 0. The number of thiocarbonyl (C=S) groups is 1. The van der Waals surface area contributed by atoms with Gasteiger partial charge >= 0.3 is 0 Å². The monoisotopic (exact) mass is 351 g/mol. The van der Waals surface area contributed by atoms with Gasteiger partial charge in [0.15, 0.2) is 5.11 Å². The largest absolute Gasteiger partial charge is 0.360 e. The second kappa shape index (κ2) is 8.36. The molecule has 0 aliphatic heterocycles. The van der Waals surface area contributed by atoms with E-state index in [1.165, 1.54) is 0 Å². The van der Waals surface area contributed by atoms with Crippen LogP contribution in [0.3, 0.4) is 0 Å². The number of benzene rings is 1. The zero-order valence-corrected chi connectivity index (χ0v) is 14.9. The first-order valence-electron chi connectivity index (χ1n) is 7.04. The van der Waals surface area contributed by atoms with E-state index < -0.39 is 0 Å². The molecule has 0 spiro atoms. The molecule has 0 saturated carbocycles. The number of nitrogens with one attached hydrogen (secondary N) is 2. The molecule has 116 valence electrons. The Bertz CT molecular complexity index is 632. The van der Waals surface area contributed by atoms with Crippen LogP contribution in [0.4, 0.5) is 5.69 Å². The van der Waals surface area contributed by atoms with Crippen LogP contribution in [-0.4, -0.2) is 16.1 Å². The minimum absolute atomic E-state index is 0.337. The molecule has 0 bridgehead atoms. The van der Waals surface area contributed by atoms with Crippen molar-refractivity contribution in [2.45, 2.75) is 36.2 Å². The van der Waals surface area contributed by atoms with Gasteiger partial charge in [-0.3, -0.25) is 0 Å². The Labute approximate surface area is 145 Å². The van der Waals surface area contributed by atoms with Crippen molar-refractivity contribution in [1.29, 1.82) is 0 Å². The van der Waals surface area contributed by atoms with E-state index >= 15 is 0 Å². The van der Waals surface area contributed by atoms with Crippen LogP contribution in [0.25, 0.3) is 0 Å². The summed E-state index contributed by atoms with van der Waals surface area (Å²) in [6.07, 6.45) is 2.79. The number of hydrogen-bond acceptors (Lipinski definition) is 3. The summed E-state index contributed by atoms with van der Waals surface area (Å²) >= 11 is 12.8. The maximum atomic E-state index is 5.91. The molecular weight excluding hydrogens is 334 g/mol. The molecule has 0 aliphatic carbocycles. The number of hydrogen-bond donors (Lipinski definition) is 2. The van der Waals surface area contributed by atoms with E-state index in [-0.39, 0.29) is 0 Å². The zero-order chi connectivity index (χ0) is 15.9. The van der Waals surface area contributed by atoms with Gasteiger partial charge in [-0.1, -0.05) is 30.3 Å².